The molecule has 2 aromatic heterocycles. The quantitative estimate of drug-likeness (QED) is 0.541. The molecular formula is C23H31N3O2S. The predicted molar refractivity (Wildman–Crippen MR) is 121 cm³/mol. The highest BCUT2D eigenvalue weighted by molar-refractivity contribution is 7.17. The van der Waals surface area contributed by atoms with Crippen molar-refractivity contribution < 1.29 is 5.11 Å². The van der Waals surface area contributed by atoms with Gasteiger partial charge in [0.1, 0.15) is 10.7 Å². The zero-order valence-electron chi connectivity index (χ0n) is 17.7. The fourth-order valence-electron chi connectivity index (χ4n) is 3.26. The fourth-order valence-corrected chi connectivity index (χ4v) is 4.23. The number of aromatic amines is 1. The molecule has 1 atom stereocenters. The summed E-state index contributed by atoms with van der Waals surface area (Å²) in [6, 6.07) is 9.94. The first-order chi connectivity index (χ1) is 13.8. The Morgan fingerprint density at radius 1 is 1.17 bits per heavy atom. The minimum Gasteiger partial charge on any atom is -0.392 e. The van der Waals surface area contributed by atoms with E-state index in [0.29, 0.717) is 30.2 Å². The van der Waals surface area contributed by atoms with Gasteiger partial charge >= 0.3 is 0 Å². The van der Waals surface area contributed by atoms with Gasteiger partial charge in [0.15, 0.2) is 0 Å². The summed E-state index contributed by atoms with van der Waals surface area (Å²) in [4.78, 5) is 23.6. The molecule has 2 N–H and O–H groups in total. The van der Waals surface area contributed by atoms with Gasteiger partial charge in [-0.3, -0.25) is 9.69 Å². The number of aromatic nitrogens is 2. The number of hydrogen-bond donors (Lipinski definition) is 2. The maximum atomic E-state index is 12.9. The largest absolute Gasteiger partial charge is 0.392 e. The number of hydrogen-bond acceptors (Lipinski definition) is 5. The molecule has 0 amide bonds. The lowest BCUT2D eigenvalue weighted by Gasteiger charge is -2.27. The van der Waals surface area contributed by atoms with Gasteiger partial charge in [-0.15, -0.1) is 11.3 Å². The minimum absolute atomic E-state index is 0.0988. The van der Waals surface area contributed by atoms with Crippen LogP contribution in [0.5, 0.6) is 0 Å². The van der Waals surface area contributed by atoms with Crippen LogP contribution in [0.25, 0.3) is 21.3 Å². The lowest BCUT2D eigenvalue weighted by atomic mass is 10.1. The van der Waals surface area contributed by atoms with E-state index >= 15 is 0 Å². The van der Waals surface area contributed by atoms with Crippen molar-refractivity contribution in [3.63, 3.8) is 0 Å². The predicted octanol–water partition coefficient (Wildman–Crippen LogP) is 4.52. The molecule has 156 valence electrons. The van der Waals surface area contributed by atoms with Gasteiger partial charge in [0.05, 0.1) is 18.0 Å². The second-order valence-electron chi connectivity index (χ2n) is 8.44. The van der Waals surface area contributed by atoms with E-state index in [-0.39, 0.29) is 11.5 Å². The van der Waals surface area contributed by atoms with Gasteiger partial charge in [-0.25, -0.2) is 4.98 Å². The molecule has 0 spiro atoms. The van der Waals surface area contributed by atoms with Crippen molar-refractivity contribution in [1.82, 2.24) is 14.9 Å². The number of thiophene rings is 1. The number of fused-ring (bicyclic) bond motifs is 1. The normalized spacial score (nSPS) is 13.1. The molecule has 29 heavy (non-hydrogen) atoms. The van der Waals surface area contributed by atoms with E-state index in [1.165, 1.54) is 11.3 Å². The van der Waals surface area contributed by atoms with Crippen LogP contribution in [-0.4, -0.2) is 39.2 Å². The summed E-state index contributed by atoms with van der Waals surface area (Å²) in [5.74, 6) is 1.43. The molecule has 0 saturated carbocycles. The van der Waals surface area contributed by atoms with E-state index < -0.39 is 6.10 Å². The number of H-pyrrole nitrogens is 1. The van der Waals surface area contributed by atoms with E-state index in [1.54, 1.807) is 0 Å². The van der Waals surface area contributed by atoms with Crippen molar-refractivity contribution in [2.45, 2.75) is 46.8 Å². The Bertz CT molecular complexity index is 979. The van der Waals surface area contributed by atoms with E-state index in [0.717, 1.165) is 28.9 Å². The Hall–Kier alpha value is -2.02. The lowest BCUT2D eigenvalue weighted by Crippen LogP contribution is -2.36. The van der Waals surface area contributed by atoms with Gasteiger partial charge in [-0.05, 0) is 30.4 Å². The molecular weight excluding hydrogens is 382 g/mol. The third-order valence-corrected chi connectivity index (χ3v) is 6.06. The van der Waals surface area contributed by atoms with Crippen LogP contribution in [0.1, 0.15) is 39.9 Å². The van der Waals surface area contributed by atoms with E-state index in [1.807, 2.05) is 49.6 Å². The van der Waals surface area contributed by atoms with E-state index in [9.17, 15) is 9.90 Å². The van der Waals surface area contributed by atoms with Crippen molar-refractivity contribution in [2.24, 2.45) is 11.8 Å². The summed E-state index contributed by atoms with van der Waals surface area (Å²) >= 11 is 1.50. The van der Waals surface area contributed by atoms with Crippen molar-refractivity contribution in [2.75, 3.05) is 13.1 Å². The number of nitrogens with zero attached hydrogens (tertiary/aromatic N) is 2. The van der Waals surface area contributed by atoms with Crippen molar-refractivity contribution in [3.8, 4) is 11.1 Å². The number of rotatable bonds is 9. The maximum Gasteiger partial charge on any atom is 0.260 e. The zero-order valence-corrected chi connectivity index (χ0v) is 18.5. The third kappa shape index (κ3) is 5.53. The fraction of sp³-hybridized carbons (Fsp3) is 0.478. The van der Waals surface area contributed by atoms with Crippen molar-refractivity contribution >= 4 is 21.6 Å². The van der Waals surface area contributed by atoms with Crippen molar-refractivity contribution in [3.05, 3.63) is 51.9 Å². The van der Waals surface area contributed by atoms with Gasteiger partial charge in [0.2, 0.25) is 0 Å². The maximum absolute atomic E-state index is 12.9. The first-order valence-corrected chi connectivity index (χ1v) is 11.2. The lowest BCUT2D eigenvalue weighted by molar-refractivity contribution is 0.0701. The molecule has 0 aliphatic rings. The summed E-state index contributed by atoms with van der Waals surface area (Å²) in [6.07, 6.45) is 0.637. The van der Waals surface area contributed by atoms with Crippen LogP contribution in [0.4, 0.5) is 0 Å². The Balaban J connectivity index is 1.87. The smallest absolute Gasteiger partial charge is 0.260 e. The molecule has 5 nitrogen and oxygen atoms in total. The van der Waals surface area contributed by atoms with Crippen LogP contribution >= 0.6 is 11.3 Å². The monoisotopic (exact) mass is 413 g/mol. The number of benzene rings is 1. The summed E-state index contributed by atoms with van der Waals surface area (Å²) in [6.45, 7) is 10.4. The Morgan fingerprint density at radius 2 is 1.90 bits per heavy atom. The SMILES string of the molecule is CC(C)CCN(Cc1nc2scc(-c3ccccc3)c2c(=O)[nH]1)CC(O)C(C)C. The van der Waals surface area contributed by atoms with Gasteiger partial charge in [0, 0.05) is 17.5 Å². The molecule has 1 unspecified atom stereocenters. The summed E-state index contributed by atoms with van der Waals surface area (Å²) < 4.78 is 0. The Labute approximate surface area is 176 Å². The molecule has 0 saturated heterocycles. The van der Waals surface area contributed by atoms with Crippen molar-refractivity contribution in [1.29, 1.82) is 0 Å². The number of aliphatic hydroxyl groups is 1. The number of nitrogens with one attached hydrogen (secondary N) is 1. The molecule has 2 heterocycles. The summed E-state index contributed by atoms with van der Waals surface area (Å²) in [5, 5.41) is 13.0. The van der Waals surface area contributed by atoms with E-state index in [4.69, 9.17) is 4.98 Å². The highest BCUT2D eigenvalue weighted by atomic mass is 32.1. The first-order valence-electron chi connectivity index (χ1n) is 10.3. The molecule has 3 aromatic rings. The molecule has 0 aliphatic carbocycles. The summed E-state index contributed by atoms with van der Waals surface area (Å²) in [5.41, 5.74) is 1.86. The average Bonchev–Trinajstić information content (AvgIpc) is 3.11. The van der Waals surface area contributed by atoms with E-state index in [2.05, 4.69) is 23.7 Å². The standard InChI is InChI=1S/C23H31N3O2S/c1-15(2)10-11-26(12-19(27)16(3)4)13-20-24-22(28)21-18(14-29-23(21)25-20)17-8-6-5-7-9-17/h5-9,14-16,19,27H,10-13H2,1-4H3,(H,24,25,28). The van der Waals surface area contributed by atoms with Gasteiger partial charge in [0.25, 0.3) is 5.56 Å². The Kier molecular flexibility index (Phi) is 7.22. The van der Waals surface area contributed by atoms with Crippen LogP contribution in [0.15, 0.2) is 40.5 Å². The molecule has 0 aliphatic heterocycles. The molecule has 6 heteroatoms. The third-order valence-electron chi connectivity index (χ3n) is 5.19. The topological polar surface area (TPSA) is 69.2 Å². The molecule has 1 aromatic carbocycles. The highest BCUT2D eigenvalue weighted by Gasteiger charge is 2.18. The minimum atomic E-state index is -0.399. The second-order valence-corrected chi connectivity index (χ2v) is 9.30. The van der Waals surface area contributed by atoms with Crippen LogP contribution < -0.4 is 5.56 Å². The first kappa shape index (κ1) is 21.7. The molecule has 3 rings (SSSR count). The Morgan fingerprint density at radius 3 is 2.55 bits per heavy atom. The molecule has 0 radical (unpaired) electrons. The van der Waals surface area contributed by atoms with Gasteiger partial charge < -0.3 is 10.1 Å². The summed E-state index contributed by atoms with van der Waals surface area (Å²) in [7, 11) is 0. The van der Waals surface area contributed by atoms with Gasteiger partial charge in [-0.1, -0.05) is 58.0 Å². The van der Waals surface area contributed by atoms with Gasteiger partial charge in [-0.2, -0.15) is 0 Å². The second kappa shape index (κ2) is 9.65. The van der Waals surface area contributed by atoms with Crippen LogP contribution in [-0.2, 0) is 6.54 Å². The molecule has 0 fully saturated rings. The highest BCUT2D eigenvalue weighted by Crippen LogP contribution is 2.30. The molecule has 0 bridgehead atoms. The number of aliphatic hydroxyl groups excluding tert-OH is 1. The zero-order chi connectivity index (χ0) is 21.0. The average molecular weight is 414 g/mol. The van der Waals surface area contributed by atoms with Crippen LogP contribution in [0, 0.1) is 11.8 Å². The van der Waals surface area contributed by atoms with Crippen LogP contribution in [0.3, 0.4) is 0 Å². The van der Waals surface area contributed by atoms with Crippen LogP contribution in [0.2, 0.25) is 0 Å².